The number of unbranched alkanes of at least 4 members (excludes halogenated alkanes) is 3. The predicted molar refractivity (Wildman–Crippen MR) is 64.8 cm³/mol. The lowest BCUT2D eigenvalue weighted by Gasteiger charge is -2.18. The second kappa shape index (κ2) is 8.05. The van der Waals surface area contributed by atoms with Crippen LogP contribution in [0.3, 0.4) is 0 Å². The maximum atomic E-state index is 9.75. The topological polar surface area (TPSA) is 84.9 Å². The third-order valence-electron chi connectivity index (χ3n) is 2.96. The fourth-order valence-corrected chi connectivity index (χ4v) is 1.93. The second-order valence-corrected chi connectivity index (χ2v) is 4.35. The van der Waals surface area contributed by atoms with Gasteiger partial charge in [-0.25, -0.2) is 0 Å². The lowest BCUT2D eigenvalue weighted by atomic mass is 9.93. The Morgan fingerprint density at radius 1 is 1.24 bits per heavy atom. The molecular weight excluding hydrogens is 221 g/mol. The molecule has 0 spiro atoms. The van der Waals surface area contributed by atoms with Gasteiger partial charge in [-0.2, -0.15) is 0 Å². The third-order valence-corrected chi connectivity index (χ3v) is 2.96. The minimum Gasteiger partial charge on any atom is -0.394 e. The largest absolute Gasteiger partial charge is 0.394 e. The highest BCUT2D eigenvalue weighted by Crippen LogP contribution is 2.22. The monoisotopic (exact) mass is 243 g/mol. The predicted octanol–water partition coefficient (Wildman–Crippen LogP) is -0.863. The van der Waals surface area contributed by atoms with Crippen molar-refractivity contribution >= 4 is 7.85 Å². The first-order valence-corrected chi connectivity index (χ1v) is 6.22. The maximum Gasteiger partial charge on any atom is 0.112 e. The first kappa shape index (κ1) is 14.9. The van der Waals surface area contributed by atoms with Crippen molar-refractivity contribution in [3.8, 4) is 0 Å². The highest BCUT2D eigenvalue weighted by Gasteiger charge is 2.41. The SMILES string of the molecule is [B][C@@H]1O[C@H](CO)C(O)[C@@H]1OCCCCCCN. The molecule has 98 valence electrons. The molecule has 1 fully saturated rings. The molecule has 1 rings (SSSR count). The van der Waals surface area contributed by atoms with Crippen molar-refractivity contribution in [3.05, 3.63) is 0 Å². The van der Waals surface area contributed by atoms with E-state index in [0.717, 1.165) is 32.2 Å². The fraction of sp³-hybridized carbons (Fsp3) is 1.00. The summed E-state index contributed by atoms with van der Waals surface area (Å²) in [7, 11) is 5.66. The first-order chi connectivity index (χ1) is 8.20. The van der Waals surface area contributed by atoms with E-state index in [1.165, 1.54) is 0 Å². The van der Waals surface area contributed by atoms with E-state index in [1.54, 1.807) is 0 Å². The molecule has 0 bridgehead atoms. The summed E-state index contributed by atoms with van der Waals surface area (Å²) in [6.45, 7) is 1.02. The summed E-state index contributed by atoms with van der Waals surface area (Å²) in [5.41, 5.74) is 5.39. The van der Waals surface area contributed by atoms with Crippen LogP contribution in [0.25, 0.3) is 0 Å². The molecule has 1 aliphatic heterocycles. The molecule has 4 N–H and O–H groups in total. The van der Waals surface area contributed by atoms with Crippen molar-refractivity contribution in [2.75, 3.05) is 19.8 Å². The number of hydrogen-bond donors (Lipinski definition) is 3. The number of rotatable bonds is 8. The normalized spacial score (nSPS) is 33.1. The van der Waals surface area contributed by atoms with Crippen molar-refractivity contribution in [1.29, 1.82) is 0 Å². The summed E-state index contributed by atoms with van der Waals surface area (Å²) in [5.74, 6) is 0. The third kappa shape index (κ3) is 4.56. The highest BCUT2D eigenvalue weighted by atomic mass is 16.6. The van der Waals surface area contributed by atoms with E-state index in [1.807, 2.05) is 0 Å². The molecule has 1 unspecified atom stereocenters. The van der Waals surface area contributed by atoms with Crippen LogP contribution in [0.15, 0.2) is 0 Å². The number of nitrogens with two attached hydrogens (primary N) is 1. The van der Waals surface area contributed by atoms with E-state index < -0.39 is 24.3 Å². The van der Waals surface area contributed by atoms with Gasteiger partial charge in [0.2, 0.25) is 0 Å². The van der Waals surface area contributed by atoms with Crippen LogP contribution >= 0.6 is 0 Å². The van der Waals surface area contributed by atoms with E-state index in [9.17, 15) is 5.11 Å². The second-order valence-electron chi connectivity index (χ2n) is 4.35. The van der Waals surface area contributed by atoms with Crippen LogP contribution < -0.4 is 5.73 Å². The minimum absolute atomic E-state index is 0.245. The lowest BCUT2D eigenvalue weighted by Crippen LogP contribution is -2.36. The lowest BCUT2D eigenvalue weighted by molar-refractivity contribution is -0.0295. The van der Waals surface area contributed by atoms with Gasteiger partial charge in [0, 0.05) is 12.6 Å². The van der Waals surface area contributed by atoms with Gasteiger partial charge in [-0.15, -0.1) is 0 Å². The van der Waals surface area contributed by atoms with E-state index in [4.69, 9.17) is 28.2 Å². The molecule has 1 aliphatic rings. The van der Waals surface area contributed by atoms with Crippen molar-refractivity contribution < 1.29 is 19.7 Å². The quantitative estimate of drug-likeness (QED) is 0.381. The summed E-state index contributed by atoms with van der Waals surface area (Å²) in [4.78, 5) is 0. The number of aliphatic hydroxyl groups excluding tert-OH is 2. The van der Waals surface area contributed by atoms with Crippen LogP contribution in [0.1, 0.15) is 25.7 Å². The maximum absolute atomic E-state index is 9.75. The average molecular weight is 243 g/mol. The Kier molecular flexibility index (Phi) is 7.07. The van der Waals surface area contributed by atoms with Gasteiger partial charge >= 0.3 is 0 Å². The molecule has 0 amide bonds. The van der Waals surface area contributed by atoms with E-state index in [2.05, 4.69) is 0 Å². The van der Waals surface area contributed by atoms with Crippen LogP contribution in [-0.2, 0) is 9.47 Å². The van der Waals surface area contributed by atoms with Gasteiger partial charge in [-0.05, 0) is 19.4 Å². The molecule has 0 aromatic heterocycles. The van der Waals surface area contributed by atoms with Gasteiger partial charge in [-0.1, -0.05) is 12.8 Å². The number of hydrogen-bond acceptors (Lipinski definition) is 5. The van der Waals surface area contributed by atoms with E-state index in [0.29, 0.717) is 6.61 Å². The molecule has 0 aromatic carbocycles. The van der Waals surface area contributed by atoms with Crippen LogP contribution in [-0.4, -0.2) is 62.1 Å². The van der Waals surface area contributed by atoms with Crippen molar-refractivity contribution in [2.45, 2.75) is 50.0 Å². The minimum atomic E-state index is -0.848. The zero-order chi connectivity index (χ0) is 12.7. The summed E-state index contributed by atoms with van der Waals surface area (Å²) in [5, 5.41) is 18.7. The zero-order valence-electron chi connectivity index (χ0n) is 10.1. The van der Waals surface area contributed by atoms with Crippen molar-refractivity contribution in [3.63, 3.8) is 0 Å². The summed E-state index contributed by atoms with van der Waals surface area (Å²) in [6, 6.07) is -0.661. The Morgan fingerprint density at radius 3 is 2.53 bits per heavy atom. The molecule has 4 atom stereocenters. The molecule has 1 saturated heterocycles. The van der Waals surface area contributed by atoms with E-state index in [-0.39, 0.29) is 6.61 Å². The molecule has 17 heavy (non-hydrogen) atoms. The van der Waals surface area contributed by atoms with Gasteiger partial charge in [-0.3, -0.25) is 0 Å². The fourth-order valence-electron chi connectivity index (χ4n) is 1.93. The number of ether oxygens (including phenoxy) is 2. The van der Waals surface area contributed by atoms with Crippen molar-refractivity contribution in [2.24, 2.45) is 5.73 Å². The molecule has 1 heterocycles. The van der Waals surface area contributed by atoms with Crippen LogP contribution in [0.4, 0.5) is 0 Å². The Bertz CT molecular complexity index is 208. The van der Waals surface area contributed by atoms with Crippen molar-refractivity contribution in [1.82, 2.24) is 0 Å². The molecule has 6 heteroatoms. The summed E-state index contributed by atoms with van der Waals surface area (Å²) >= 11 is 0. The van der Waals surface area contributed by atoms with Gasteiger partial charge in [0.25, 0.3) is 0 Å². The Morgan fingerprint density at radius 2 is 1.94 bits per heavy atom. The molecule has 0 saturated carbocycles. The molecule has 2 radical (unpaired) electrons. The molecule has 5 nitrogen and oxygen atoms in total. The van der Waals surface area contributed by atoms with Crippen LogP contribution in [0, 0.1) is 0 Å². The summed E-state index contributed by atoms with van der Waals surface area (Å²) < 4.78 is 10.7. The van der Waals surface area contributed by atoms with Gasteiger partial charge < -0.3 is 25.4 Å². The standard InChI is InChI=1S/C11H22BNO4/c12-11-10(9(15)8(7-14)17-11)16-6-4-2-1-3-5-13/h8-11,14-15H,1-7,13H2/t8-,9?,10+,11-/m1/s1. The highest BCUT2D eigenvalue weighted by molar-refractivity contribution is 6.11. The first-order valence-electron chi connectivity index (χ1n) is 6.22. The van der Waals surface area contributed by atoms with E-state index >= 15 is 0 Å². The Labute approximate surface area is 104 Å². The average Bonchev–Trinajstić information content (AvgIpc) is 2.60. The smallest absolute Gasteiger partial charge is 0.112 e. The van der Waals surface area contributed by atoms with Gasteiger partial charge in [0.05, 0.1) is 6.61 Å². The van der Waals surface area contributed by atoms with Crippen LogP contribution in [0.5, 0.6) is 0 Å². The van der Waals surface area contributed by atoms with Gasteiger partial charge in [0.1, 0.15) is 26.2 Å². The van der Waals surface area contributed by atoms with Crippen LogP contribution in [0.2, 0.25) is 0 Å². The molecule has 0 aliphatic carbocycles. The van der Waals surface area contributed by atoms with Gasteiger partial charge in [0.15, 0.2) is 0 Å². The number of aliphatic hydroxyl groups is 2. The zero-order valence-corrected chi connectivity index (χ0v) is 10.1. The molecule has 0 aromatic rings. The Balaban J connectivity index is 2.14. The summed E-state index contributed by atoms with van der Waals surface area (Å²) in [6.07, 6.45) is 2.07. The Hall–Kier alpha value is -0.135. The molecular formula is C11H22BNO4.